The number of rotatable bonds is 5. The molecule has 1 saturated heterocycles. The molecule has 0 spiro atoms. The molecule has 2 aromatic rings. The average molecular weight is 390 g/mol. The molecule has 0 saturated carbocycles. The summed E-state index contributed by atoms with van der Waals surface area (Å²) in [6.07, 6.45) is -0.776. The van der Waals surface area contributed by atoms with Gasteiger partial charge >= 0.3 is 11.9 Å². The maximum absolute atomic E-state index is 12.8. The minimum Gasteiger partial charge on any atom is -0.463 e. The van der Waals surface area contributed by atoms with E-state index in [2.05, 4.69) is 0 Å². The lowest BCUT2D eigenvalue weighted by molar-refractivity contribution is -0.384. The van der Waals surface area contributed by atoms with Crippen molar-refractivity contribution in [2.24, 2.45) is 0 Å². The van der Waals surface area contributed by atoms with Gasteiger partial charge in [0.25, 0.3) is 5.69 Å². The van der Waals surface area contributed by atoms with Crippen LogP contribution in [-0.4, -0.2) is 35.4 Å². The van der Waals surface area contributed by atoms with Gasteiger partial charge in [-0.2, -0.15) is 0 Å². The summed E-state index contributed by atoms with van der Waals surface area (Å²) >= 11 is 5.76. The van der Waals surface area contributed by atoms with Gasteiger partial charge in [-0.3, -0.25) is 14.9 Å². The lowest BCUT2D eigenvalue weighted by Crippen LogP contribution is -2.24. The fourth-order valence-electron chi connectivity index (χ4n) is 2.59. The Morgan fingerprint density at radius 3 is 2.52 bits per heavy atom. The molecule has 2 aromatic carbocycles. The molecule has 9 heteroatoms. The molecule has 0 N–H and O–H groups in total. The molecule has 138 valence electrons. The third-order valence-electron chi connectivity index (χ3n) is 3.93. The minimum absolute atomic E-state index is 0.00775. The number of nitrogens with zero attached hydrogens (tertiary/aromatic N) is 1. The monoisotopic (exact) mass is 389 g/mol. The van der Waals surface area contributed by atoms with Crippen molar-refractivity contribution in [1.82, 2.24) is 0 Å². The molecule has 1 aliphatic rings. The van der Waals surface area contributed by atoms with E-state index in [9.17, 15) is 24.5 Å². The third kappa shape index (κ3) is 3.80. The zero-order valence-corrected chi connectivity index (χ0v) is 14.5. The zero-order valence-electron chi connectivity index (χ0n) is 13.7. The van der Waals surface area contributed by atoms with Crippen molar-refractivity contribution in [3.05, 3.63) is 74.3 Å². The van der Waals surface area contributed by atoms with Crippen molar-refractivity contribution in [2.75, 3.05) is 6.61 Å². The van der Waals surface area contributed by atoms with E-state index in [0.29, 0.717) is 0 Å². The summed E-state index contributed by atoms with van der Waals surface area (Å²) < 4.78 is 9.86. The van der Waals surface area contributed by atoms with E-state index < -0.39 is 34.4 Å². The number of ether oxygens (including phenoxy) is 2. The van der Waals surface area contributed by atoms with Gasteiger partial charge in [0.05, 0.1) is 17.1 Å². The Morgan fingerprint density at radius 1 is 1.19 bits per heavy atom. The van der Waals surface area contributed by atoms with E-state index in [1.165, 1.54) is 36.4 Å². The van der Waals surface area contributed by atoms with Gasteiger partial charge < -0.3 is 9.47 Å². The van der Waals surface area contributed by atoms with Crippen molar-refractivity contribution >= 4 is 35.0 Å². The molecule has 0 aromatic heterocycles. The molecule has 1 heterocycles. The number of nitro groups is 1. The predicted octanol–water partition coefficient (Wildman–Crippen LogP) is 2.95. The van der Waals surface area contributed by atoms with Crippen LogP contribution in [0.5, 0.6) is 0 Å². The van der Waals surface area contributed by atoms with Crippen LogP contribution in [0.1, 0.15) is 32.7 Å². The van der Waals surface area contributed by atoms with Crippen LogP contribution < -0.4 is 0 Å². The second-order valence-corrected chi connectivity index (χ2v) is 6.06. The number of benzene rings is 2. The van der Waals surface area contributed by atoms with Gasteiger partial charge in [-0.05, 0) is 18.2 Å². The maximum Gasteiger partial charge on any atom is 0.347 e. The Kier molecular flexibility index (Phi) is 5.18. The molecule has 0 amide bonds. The second kappa shape index (κ2) is 7.55. The molecule has 1 fully saturated rings. The number of hydrogen-bond acceptors (Lipinski definition) is 7. The second-order valence-electron chi connectivity index (χ2n) is 5.65. The number of halogens is 1. The van der Waals surface area contributed by atoms with Gasteiger partial charge in [0.15, 0.2) is 5.78 Å². The number of carbonyl (C=O) groups is 3. The molecular formula is C18H12ClNO7. The fraction of sp³-hybridized carbons (Fsp3) is 0.167. The number of nitro benzene ring substituents is 1. The molecule has 0 aliphatic carbocycles. The van der Waals surface area contributed by atoms with Gasteiger partial charge in [-0.1, -0.05) is 29.8 Å². The third-order valence-corrected chi connectivity index (χ3v) is 4.25. The van der Waals surface area contributed by atoms with Gasteiger partial charge in [0, 0.05) is 23.6 Å². The summed E-state index contributed by atoms with van der Waals surface area (Å²) in [6.45, 7) is 0.159. The molecule has 0 radical (unpaired) electrons. The van der Waals surface area contributed by atoms with E-state index in [1.54, 1.807) is 0 Å². The smallest absolute Gasteiger partial charge is 0.347 e. The highest BCUT2D eigenvalue weighted by molar-refractivity contribution is 6.33. The molecule has 0 unspecified atom stereocenters. The predicted molar refractivity (Wildman–Crippen MR) is 92.8 cm³/mol. The highest BCUT2D eigenvalue weighted by atomic mass is 35.5. The Balaban J connectivity index is 1.92. The first kappa shape index (κ1) is 18.5. The van der Waals surface area contributed by atoms with Gasteiger partial charge in [-0.25, -0.2) is 9.59 Å². The zero-order chi connectivity index (χ0) is 19.6. The number of esters is 2. The molecule has 3 rings (SSSR count). The first-order valence-electron chi connectivity index (χ1n) is 7.84. The normalized spacial score (nSPS) is 15.9. The van der Waals surface area contributed by atoms with E-state index in [4.69, 9.17) is 21.1 Å². The van der Waals surface area contributed by atoms with Crippen LogP contribution in [0.4, 0.5) is 5.69 Å². The van der Waals surface area contributed by atoms with Gasteiger partial charge in [0.1, 0.15) is 5.02 Å². The van der Waals surface area contributed by atoms with Gasteiger partial charge in [0.2, 0.25) is 6.10 Å². The largest absolute Gasteiger partial charge is 0.463 e. The van der Waals surface area contributed by atoms with Crippen molar-refractivity contribution in [2.45, 2.75) is 12.5 Å². The molecule has 1 aliphatic heterocycles. The first-order chi connectivity index (χ1) is 12.9. The van der Waals surface area contributed by atoms with E-state index >= 15 is 0 Å². The summed E-state index contributed by atoms with van der Waals surface area (Å²) in [6, 6.07) is 9.45. The van der Waals surface area contributed by atoms with Crippen LogP contribution in [0, 0.1) is 10.1 Å². The number of hydrogen-bond donors (Lipinski definition) is 0. The summed E-state index contributed by atoms with van der Waals surface area (Å²) in [5, 5.41) is 10.9. The van der Waals surface area contributed by atoms with Crippen molar-refractivity contribution in [1.29, 1.82) is 0 Å². The van der Waals surface area contributed by atoms with E-state index in [0.717, 1.165) is 6.07 Å². The van der Waals surface area contributed by atoms with Crippen molar-refractivity contribution in [3.8, 4) is 0 Å². The van der Waals surface area contributed by atoms with Crippen LogP contribution in [0.2, 0.25) is 5.02 Å². The van der Waals surface area contributed by atoms with Gasteiger partial charge in [-0.15, -0.1) is 0 Å². The average Bonchev–Trinajstić information content (AvgIpc) is 3.06. The van der Waals surface area contributed by atoms with Crippen molar-refractivity contribution in [3.63, 3.8) is 0 Å². The highest BCUT2D eigenvalue weighted by Crippen LogP contribution is 2.27. The lowest BCUT2D eigenvalue weighted by Gasteiger charge is -2.11. The maximum atomic E-state index is 12.8. The van der Waals surface area contributed by atoms with Crippen LogP contribution >= 0.6 is 11.6 Å². The lowest BCUT2D eigenvalue weighted by atomic mass is 9.98. The standard InChI is InChI=1S/C18H12ClNO7/c19-13-6-5-10(9-14(13)20(24)25)16(21)11-3-1-2-4-12(11)17(22)27-15-7-8-26-18(15)23/h1-6,9,15H,7-8H2/t15-/m1/s1. The molecular weight excluding hydrogens is 378 g/mol. The van der Waals surface area contributed by atoms with Crippen LogP contribution in [-0.2, 0) is 14.3 Å². The van der Waals surface area contributed by atoms with E-state index in [-0.39, 0.29) is 34.7 Å². The summed E-state index contributed by atoms with van der Waals surface area (Å²) in [4.78, 5) is 47.0. The number of ketones is 1. The van der Waals surface area contributed by atoms with Crippen LogP contribution in [0.15, 0.2) is 42.5 Å². The summed E-state index contributed by atoms with van der Waals surface area (Å²) in [5.41, 5.74) is -0.492. The number of carbonyl (C=O) groups excluding carboxylic acids is 3. The fourth-order valence-corrected chi connectivity index (χ4v) is 2.77. The SMILES string of the molecule is O=C(O[C@@H]1CCOC1=O)c1ccccc1C(=O)c1ccc(Cl)c([N+](=O)[O-])c1. The molecule has 1 atom stereocenters. The van der Waals surface area contributed by atoms with E-state index in [1.807, 2.05) is 0 Å². The van der Waals surface area contributed by atoms with Crippen LogP contribution in [0.25, 0.3) is 0 Å². The molecule has 27 heavy (non-hydrogen) atoms. The topological polar surface area (TPSA) is 113 Å². The Labute approximate surface area is 157 Å². The minimum atomic E-state index is -1.02. The molecule has 8 nitrogen and oxygen atoms in total. The van der Waals surface area contributed by atoms with Crippen LogP contribution in [0.3, 0.4) is 0 Å². The number of cyclic esters (lactones) is 1. The summed E-state index contributed by atoms with van der Waals surface area (Å²) in [7, 11) is 0. The Hall–Kier alpha value is -3.26. The quantitative estimate of drug-likeness (QED) is 0.334. The molecule has 0 bridgehead atoms. The first-order valence-corrected chi connectivity index (χ1v) is 8.21. The van der Waals surface area contributed by atoms with Crippen molar-refractivity contribution < 1.29 is 28.8 Å². The summed E-state index contributed by atoms with van der Waals surface area (Å²) in [5.74, 6) is -2.11. The Bertz CT molecular complexity index is 956. The highest BCUT2D eigenvalue weighted by Gasteiger charge is 2.31. The Morgan fingerprint density at radius 2 is 1.89 bits per heavy atom.